The summed E-state index contributed by atoms with van der Waals surface area (Å²) < 4.78 is 10.5. The van der Waals surface area contributed by atoms with Crippen molar-refractivity contribution in [2.45, 2.75) is 13.8 Å². The third kappa shape index (κ3) is 5.68. The molecular weight excluding hydrogens is 304 g/mol. The first-order valence-electron chi connectivity index (χ1n) is 7.71. The van der Waals surface area contributed by atoms with Crippen LogP contribution in [0, 0.1) is 6.92 Å². The highest BCUT2D eigenvalue weighted by Crippen LogP contribution is 2.34. The van der Waals surface area contributed by atoms with Crippen LogP contribution in [0.5, 0.6) is 5.75 Å². The first-order valence-corrected chi connectivity index (χ1v) is 7.71. The highest BCUT2D eigenvalue weighted by atomic mass is 16.7. The number of anilines is 2. The quantitative estimate of drug-likeness (QED) is 0.853. The minimum absolute atomic E-state index is 0.0749. The number of carbonyl (C=O) groups is 1. The van der Waals surface area contributed by atoms with Crippen LogP contribution >= 0.6 is 0 Å². The van der Waals surface area contributed by atoms with Crippen molar-refractivity contribution < 1.29 is 14.3 Å². The third-order valence-electron chi connectivity index (χ3n) is 3.02. The van der Waals surface area contributed by atoms with Gasteiger partial charge in [-0.1, -0.05) is 24.3 Å². The van der Waals surface area contributed by atoms with Gasteiger partial charge in [0.15, 0.2) is 6.79 Å². The van der Waals surface area contributed by atoms with Gasteiger partial charge in [-0.3, -0.25) is 9.69 Å². The number of para-hydroxylation sites is 1. The molecule has 0 aliphatic heterocycles. The molecule has 2 aromatic carbocycles. The molecule has 0 aromatic heterocycles. The Morgan fingerprint density at radius 2 is 1.75 bits per heavy atom. The van der Waals surface area contributed by atoms with Crippen molar-refractivity contribution in [2.24, 2.45) is 0 Å². The monoisotopic (exact) mass is 330 g/mol. The zero-order valence-electron chi connectivity index (χ0n) is 15.0. The Hall–Kier alpha value is -2.37. The van der Waals surface area contributed by atoms with Crippen LogP contribution < -0.4 is 15.0 Å². The predicted octanol–water partition coefficient (Wildman–Crippen LogP) is 3.50. The van der Waals surface area contributed by atoms with Crippen molar-refractivity contribution in [1.82, 2.24) is 5.32 Å². The van der Waals surface area contributed by atoms with Gasteiger partial charge in [-0.2, -0.15) is 0 Å². The van der Waals surface area contributed by atoms with Crippen molar-refractivity contribution in [3.05, 3.63) is 54.1 Å². The van der Waals surface area contributed by atoms with Crippen LogP contribution in [0.1, 0.15) is 12.5 Å². The third-order valence-corrected chi connectivity index (χ3v) is 3.02. The molecule has 5 heteroatoms. The second-order valence-corrected chi connectivity index (χ2v) is 5.21. The number of methoxy groups -OCH3 is 1. The SMILES string of the molecule is CNC.COCOc1ccc(C)cc1N(C(C)=O)c1ccccc1. The summed E-state index contributed by atoms with van der Waals surface area (Å²) in [5.41, 5.74) is 2.57. The number of hydrogen-bond acceptors (Lipinski definition) is 4. The minimum Gasteiger partial charge on any atom is -0.465 e. The Morgan fingerprint density at radius 3 is 2.29 bits per heavy atom. The highest BCUT2D eigenvalue weighted by molar-refractivity contribution is 6.00. The van der Waals surface area contributed by atoms with Gasteiger partial charge < -0.3 is 14.8 Å². The molecule has 0 saturated carbocycles. The van der Waals surface area contributed by atoms with Crippen LogP contribution in [0.15, 0.2) is 48.5 Å². The molecular formula is C19H26N2O3. The molecule has 1 N–H and O–H groups in total. The number of aryl methyl sites for hydroxylation is 1. The number of rotatable bonds is 5. The van der Waals surface area contributed by atoms with Crippen molar-refractivity contribution >= 4 is 17.3 Å². The van der Waals surface area contributed by atoms with E-state index in [-0.39, 0.29) is 12.7 Å². The molecule has 0 aliphatic rings. The molecule has 0 atom stereocenters. The van der Waals surface area contributed by atoms with Crippen LogP contribution in [-0.4, -0.2) is 33.9 Å². The van der Waals surface area contributed by atoms with E-state index in [4.69, 9.17) is 9.47 Å². The van der Waals surface area contributed by atoms with Crippen molar-refractivity contribution in [3.63, 3.8) is 0 Å². The lowest BCUT2D eigenvalue weighted by Crippen LogP contribution is -2.23. The van der Waals surface area contributed by atoms with Crippen molar-refractivity contribution in [1.29, 1.82) is 0 Å². The maximum Gasteiger partial charge on any atom is 0.228 e. The van der Waals surface area contributed by atoms with E-state index in [2.05, 4.69) is 5.32 Å². The average molecular weight is 330 g/mol. The largest absolute Gasteiger partial charge is 0.465 e. The Balaban J connectivity index is 0.000000891. The zero-order valence-corrected chi connectivity index (χ0v) is 15.0. The Bertz CT molecular complexity index is 630. The Morgan fingerprint density at radius 1 is 1.12 bits per heavy atom. The normalized spacial score (nSPS) is 9.71. The Kier molecular flexibility index (Phi) is 8.54. The summed E-state index contributed by atoms with van der Waals surface area (Å²) in [5.74, 6) is 0.538. The predicted molar refractivity (Wildman–Crippen MR) is 97.9 cm³/mol. The zero-order chi connectivity index (χ0) is 17.9. The minimum atomic E-state index is -0.0749. The summed E-state index contributed by atoms with van der Waals surface area (Å²) in [6.45, 7) is 3.65. The number of hydrogen-bond donors (Lipinski definition) is 1. The van der Waals surface area contributed by atoms with Gasteiger partial charge >= 0.3 is 0 Å². The van der Waals surface area contributed by atoms with Crippen LogP contribution in [0.4, 0.5) is 11.4 Å². The second-order valence-electron chi connectivity index (χ2n) is 5.21. The molecule has 2 aromatic rings. The summed E-state index contributed by atoms with van der Waals surface area (Å²) >= 11 is 0. The van der Waals surface area contributed by atoms with Gasteiger partial charge in [0.25, 0.3) is 0 Å². The second kappa shape index (κ2) is 10.4. The molecule has 1 amide bonds. The molecule has 0 bridgehead atoms. The smallest absolute Gasteiger partial charge is 0.228 e. The van der Waals surface area contributed by atoms with Crippen LogP contribution in [0.3, 0.4) is 0 Å². The van der Waals surface area contributed by atoms with Crippen molar-refractivity contribution in [3.8, 4) is 5.75 Å². The molecule has 0 fully saturated rings. The molecule has 0 radical (unpaired) electrons. The van der Waals surface area contributed by atoms with E-state index in [1.54, 1.807) is 12.0 Å². The maximum absolute atomic E-state index is 12.1. The van der Waals surface area contributed by atoms with E-state index in [0.29, 0.717) is 11.4 Å². The fourth-order valence-electron chi connectivity index (χ4n) is 2.11. The summed E-state index contributed by atoms with van der Waals surface area (Å²) in [6.07, 6.45) is 0. The van der Waals surface area contributed by atoms with Crippen LogP contribution in [0.2, 0.25) is 0 Å². The molecule has 0 spiro atoms. The van der Waals surface area contributed by atoms with Gasteiger partial charge in [-0.25, -0.2) is 0 Å². The number of nitrogens with one attached hydrogen (secondary N) is 1. The topological polar surface area (TPSA) is 50.8 Å². The number of carbonyl (C=O) groups excluding carboxylic acids is 1. The molecule has 0 saturated heterocycles. The fraction of sp³-hybridized carbons (Fsp3) is 0.316. The highest BCUT2D eigenvalue weighted by Gasteiger charge is 2.18. The standard InChI is InChI=1S/C17H19NO3.C2H7N/c1-13-9-10-17(21-12-20-3)16(11-13)18(14(2)19)15-7-5-4-6-8-15;1-3-2/h4-11H,12H2,1-3H3;3H,1-2H3. The lowest BCUT2D eigenvalue weighted by molar-refractivity contribution is -0.115. The van der Waals surface area contributed by atoms with E-state index in [0.717, 1.165) is 11.3 Å². The van der Waals surface area contributed by atoms with Crippen LogP contribution in [0.25, 0.3) is 0 Å². The number of benzene rings is 2. The summed E-state index contributed by atoms with van der Waals surface area (Å²) in [4.78, 5) is 13.8. The first-order chi connectivity index (χ1) is 11.5. The van der Waals surface area contributed by atoms with Gasteiger partial charge in [0.2, 0.25) is 5.91 Å². The van der Waals surface area contributed by atoms with E-state index in [9.17, 15) is 4.79 Å². The molecule has 0 aliphatic carbocycles. The van der Waals surface area contributed by atoms with E-state index < -0.39 is 0 Å². The summed E-state index contributed by atoms with van der Waals surface area (Å²) in [7, 11) is 5.31. The summed E-state index contributed by atoms with van der Waals surface area (Å²) in [5, 5.41) is 2.75. The van der Waals surface area contributed by atoms with Gasteiger partial charge in [0, 0.05) is 19.7 Å². The molecule has 130 valence electrons. The molecule has 0 heterocycles. The van der Waals surface area contributed by atoms with Crippen LogP contribution in [-0.2, 0) is 9.53 Å². The molecule has 2 rings (SSSR count). The number of ether oxygens (including phenoxy) is 2. The molecule has 24 heavy (non-hydrogen) atoms. The molecule has 0 unspecified atom stereocenters. The average Bonchev–Trinajstić information content (AvgIpc) is 2.56. The van der Waals surface area contributed by atoms with Gasteiger partial charge in [0.1, 0.15) is 5.75 Å². The number of nitrogens with zero attached hydrogens (tertiary/aromatic N) is 1. The number of amides is 1. The fourth-order valence-corrected chi connectivity index (χ4v) is 2.11. The lowest BCUT2D eigenvalue weighted by Gasteiger charge is -2.24. The molecule has 5 nitrogen and oxygen atoms in total. The van der Waals surface area contributed by atoms with E-state index >= 15 is 0 Å². The lowest BCUT2D eigenvalue weighted by atomic mass is 10.1. The summed E-state index contributed by atoms with van der Waals surface area (Å²) in [6, 6.07) is 15.2. The first kappa shape index (κ1) is 19.7. The van der Waals surface area contributed by atoms with Crippen molar-refractivity contribution in [2.75, 3.05) is 32.9 Å². The Labute approximate surface area is 144 Å². The van der Waals surface area contributed by atoms with Gasteiger partial charge in [0.05, 0.1) is 5.69 Å². The van der Waals surface area contributed by atoms with Gasteiger partial charge in [-0.15, -0.1) is 0 Å². The van der Waals surface area contributed by atoms with E-state index in [1.807, 2.05) is 69.6 Å². The van der Waals surface area contributed by atoms with E-state index in [1.165, 1.54) is 6.92 Å². The van der Waals surface area contributed by atoms with Gasteiger partial charge in [-0.05, 0) is 50.8 Å². The maximum atomic E-state index is 12.1.